The highest BCUT2D eigenvalue weighted by molar-refractivity contribution is 7.17. The number of rotatable bonds is 16. The van der Waals surface area contributed by atoms with E-state index in [1.165, 1.54) is 27.5 Å². The second-order valence-corrected chi connectivity index (χ2v) is 11.7. The lowest BCUT2D eigenvalue weighted by molar-refractivity contribution is 0.0259. The molecule has 0 bridgehead atoms. The molecule has 226 valence electrons. The number of thiophene rings is 2. The van der Waals surface area contributed by atoms with E-state index in [1.807, 2.05) is 23.6 Å². The quantitative estimate of drug-likeness (QED) is 0.138. The highest BCUT2D eigenvalue weighted by Gasteiger charge is 2.15. The Hall–Kier alpha value is -1.95. The molecule has 2 aromatic carbocycles. The normalized spacial score (nSPS) is 13.2. The average Bonchev–Trinajstić information content (AvgIpc) is 3.65. The Bertz CT molecular complexity index is 1290. The van der Waals surface area contributed by atoms with Crippen LogP contribution in [0.25, 0.3) is 20.2 Å². The van der Waals surface area contributed by atoms with Crippen molar-refractivity contribution < 1.29 is 24.1 Å². The van der Waals surface area contributed by atoms with Crippen LogP contribution in [0.15, 0.2) is 53.2 Å². The van der Waals surface area contributed by atoms with Crippen LogP contribution in [-0.2, 0) is 9.47 Å². The van der Waals surface area contributed by atoms with Crippen LogP contribution in [0.2, 0.25) is 0 Å². The number of nitrogens with zero attached hydrogens (tertiary/aromatic N) is 2. The van der Waals surface area contributed by atoms with Crippen LogP contribution in [0.3, 0.4) is 0 Å². The Morgan fingerprint density at radius 1 is 0.707 bits per heavy atom. The van der Waals surface area contributed by atoms with Gasteiger partial charge in [0.05, 0.1) is 26.4 Å². The summed E-state index contributed by atoms with van der Waals surface area (Å²) < 4.78 is 27.2. The van der Waals surface area contributed by atoms with Gasteiger partial charge in [0.1, 0.15) is 18.0 Å². The van der Waals surface area contributed by atoms with E-state index in [1.54, 1.807) is 17.4 Å². The van der Waals surface area contributed by atoms with Gasteiger partial charge in [-0.3, -0.25) is 0 Å². The summed E-state index contributed by atoms with van der Waals surface area (Å²) in [5.41, 5.74) is 1.24. The van der Waals surface area contributed by atoms with Gasteiger partial charge >= 0.3 is 0 Å². The number of likely N-dealkylation sites (N-methyl/N-ethyl adjacent to an activating group) is 2. The molecule has 2 unspecified atom stereocenters. The van der Waals surface area contributed by atoms with Crippen LogP contribution in [-0.4, -0.2) is 85.7 Å². The lowest BCUT2D eigenvalue weighted by Crippen LogP contribution is -2.27. The first-order valence-electron chi connectivity index (χ1n) is 14.5. The van der Waals surface area contributed by atoms with Crippen LogP contribution in [0.5, 0.6) is 0 Å². The fourth-order valence-electron chi connectivity index (χ4n) is 4.49. The van der Waals surface area contributed by atoms with Crippen molar-refractivity contribution in [3.63, 3.8) is 0 Å². The molecule has 0 aliphatic heterocycles. The lowest BCUT2D eigenvalue weighted by Gasteiger charge is -2.18. The van der Waals surface area contributed by atoms with Gasteiger partial charge < -0.3 is 29.5 Å². The summed E-state index contributed by atoms with van der Waals surface area (Å²) in [6.07, 6.45) is -1.47. The van der Waals surface area contributed by atoms with Crippen LogP contribution >= 0.6 is 22.7 Å². The fourth-order valence-corrected chi connectivity index (χ4v) is 6.06. The maximum absolute atomic E-state index is 14.0. The molecule has 2 atom stereocenters. The van der Waals surface area contributed by atoms with Gasteiger partial charge in [-0.25, -0.2) is 4.39 Å². The average molecular weight is 605 g/mol. The number of hydrogen-bond acceptors (Lipinski definition) is 8. The number of aliphatic hydroxyl groups is 2. The standard InChI is InChI=1S/C16H22FNO2S.C16H23NO2S/c1-3-18(4-2)6-7-20-11-15(19)13-9-12-5-8-21-16(12)10-14(13)17;1-3-17(4-2)8-9-19-12-15(18)13-5-6-16-14(11-13)7-10-20-16/h5,8-10,15,19H,3-4,6-7,11H2,1-2H3;5-7,10-11,15,18H,3-4,8-9,12H2,1-2H3. The monoisotopic (exact) mass is 604 g/mol. The van der Waals surface area contributed by atoms with E-state index < -0.39 is 12.2 Å². The minimum atomic E-state index is -0.925. The summed E-state index contributed by atoms with van der Waals surface area (Å²) in [5, 5.41) is 26.4. The Morgan fingerprint density at radius 3 is 1.83 bits per heavy atom. The van der Waals surface area contributed by atoms with E-state index in [4.69, 9.17) is 9.47 Å². The van der Waals surface area contributed by atoms with Gasteiger partial charge in [-0.2, -0.15) is 0 Å². The first kappa shape index (κ1) is 33.6. The summed E-state index contributed by atoms with van der Waals surface area (Å²) >= 11 is 3.21. The van der Waals surface area contributed by atoms with Crippen LogP contribution in [0.4, 0.5) is 4.39 Å². The first-order chi connectivity index (χ1) is 19.9. The minimum absolute atomic E-state index is 0.119. The van der Waals surface area contributed by atoms with Gasteiger partial charge in [0.25, 0.3) is 0 Å². The van der Waals surface area contributed by atoms with Crippen molar-refractivity contribution in [2.45, 2.75) is 39.9 Å². The zero-order valence-electron chi connectivity index (χ0n) is 24.7. The largest absolute Gasteiger partial charge is 0.386 e. The van der Waals surface area contributed by atoms with E-state index in [-0.39, 0.29) is 12.4 Å². The number of aliphatic hydroxyl groups excluding tert-OH is 2. The zero-order chi connectivity index (χ0) is 29.6. The number of ether oxygens (including phenoxy) is 2. The first-order valence-corrected chi connectivity index (χ1v) is 16.3. The third kappa shape index (κ3) is 10.4. The molecule has 0 spiro atoms. The molecule has 9 heteroatoms. The predicted octanol–water partition coefficient (Wildman–Crippen LogP) is 6.73. The SMILES string of the molecule is CCN(CC)CCOCC(O)c1cc2ccsc2cc1F.CCN(CC)CCOCC(O)c1ccc2sccc2c1. The van der Waals surface area contributed by atoms with Gasteiger partial charge in [0, 0.05) is 28.1 Å². The summed E-state index contributed by atoms with van der Waals surface area (Å²) in [6, 6.07) is 13.3. The van der Waals surface area contributed by atoms with E-state index in [0.29, 0.717) is 25.4 Å². The molecular weight excluding hydrogens is 559 g/mol. The highest BCUT2D eigenvalue weighted by Crippen LogP contribution is 2.28. The third-order valence-corrected chi connectivity index (χ3v) is 9.01. The summed E-state index contributed by atoms with van der Waals surface area (Å²) in [5.74, 6) is -0.371. The Kier molecular flexibility index (Phi) is 14.6. The van der Waals surface area contributed by atoms with Gasteiger partial charge in [-0.1, -0.05) is 33.8 Å². The van der Waals surface area contributed by atoms with Crippen LogP contribution in [0, 0.1) is 5.82 Å². The van der Waals surface area contributed by atoms with Gasteiger partial charge in [0.2, 0.25) is 0 Å². The molecule has 4 rings (SSSR count). The molecule has 2 N–H and O–H groups in total. The summed E-state index contributed by atoms with van der Waals surface area (Å²) in [4.78, 5) is 4.55. The van der Waals surface area contributed by atoms with Crippen molar-refractivity contribution >= 4 is 42.8 Å². The van der Waals surface area contributed by atoms with Crippen molar-refractivity contribution in [1.29, 1.82) is 0 Å². The predicted molar refractivity (Wildman–Crippen MR) is 171 cm³/mol. The molecule has 4 aromatic rings. The topological polar surface area (TPSA) is 65.4 Å². The van der Waals surface area contributed by atoms with Crippen molar-refractivity contribution in [1.82, 2.24) is 9.80 Å². The summed E-state index contributed by atoms with van der Waals surface area (Å²) in [6.45, 7) is 16.0. The smallest absolute Gasteiger partial charge is 0.130 e. The van der Waals surface area contributed by atoms with Crippen molar-refractivity contribution in [3.8, 4) is 0 Å². The molecular formula is C32H45FN2O4S2. The van der Waals surface area contributed by atoms with Crippen molar-refractivity contribution in [3.05, 3.63) is 70.2 Å². The van der Waals surface area contributed by atoms with E-state index in [2.05, 4.69) is 55.0 Å². The molecule has 2 aromatic heterocycles. The molecule has 0 saturated carbocycles. The molecule has 0 radical (unpaired) electrons. The zero-order valence-corrected chi connectivity index (χ0v) is 26.4. The van der Waals surface area contributed by atoms with E-state index in [0.717, 1.165) is 54.9 Å². The fraction of sp³-hybridized carbons (Fsp3) is 0.500. The van der Waals surface area contributed by atoms with Crippen molar-refractivity contribution in [2.24, 2.45) is 0 Å². The Morgan fingerprint density at radius 2 is 1.24 bits per heavy atom. The molecule has 41 heavy (non-hydrogen) atoms. The third-order valence-electron chi connectivity index (χ3n) is 7.24. The van der Waals surface area contributed by atoms with E-state index >= 15 is 0 Å². The van der Waals surface area contributed by atoms with Gasteiger partial charge in [-0.15, -0.1) is 22.7 Å². The number of halogens is 1. The molecule has 2 heterocycles. The molecule has 0 aliphatic rings. The highest BCUT2D eigenvalue weighted by atomic mass is 32.1. The molecule has 0 fully saturated rings. The molecule has 6 nitrogen and oxygen atoms in total. The Labute approximate surface area is 251 Å². The number of fused-ring (bicyclic) bond motifs is 2. The van der Waals surface area contributed by atoms with E-state index in [9.17, 15) is 14.6 Å². The maximum atomic E-state index is 14.0. The van der Waals surface area contributed by atoms with Crippen LogP contribution in [0.1, 0.15) is 51.0 Å². The van der Waals surface area contributed by atoms with Gasteiger partial charge in [-0.05, 0) is 89.7 Å². The number of benzene rings is 2. The molecule has 0 saturated heterocycles. The number of hydrogen-bond donors (Lipinski definition) is 2. The Balaban J connectivity index is 0.000000226. The lowest BCUT2D eigenvalue weighted by atomic mass is 10.1. The van der Waals surface area contributed by atoms with Crippen molar-refractivity contribution in [2.75, 3.05) is 65.7 Å². The van der Waals surface area contributed by atoms with Gasteiger partial charge in [0.15, 0.2) is 0 Å². The van der Waals surface area contributed by atoms with Crippen LogP contribution < -0.4 is 0 Å². The summed E-state index contributed by atoms with van der Waals surface area (Å²) in [7, 11) is 0. The second-order valence-electron chi connectivity index (χ2n) is 9.79. The molecule has 0 aliphatic carbocycles. The second kappa shape index (κ2) is 17.9. The molecule has 0 amide bonds. The minimum Gasteiger partial charge on any atom is -0.386 e. The maximum Gasteiger partial charge on any atom is 0.130 e.